The molecule has 0 aliphatic heterocycles. The van der Waals surface area contributed by atoms with Crippen LogP contribution >= 0.6 is 0 Å². The lowest BCUT2D eigenvalue weighted by molar-refractivity contribution is -0.144. The molecule has 0 aliphatic rings. The van der Waals surface area contributed by atoms with Crippen molar-refractivity contribution in [1.29, 1.82) is 0 Å². The third-order valence-corrected chi connectivity index (χ3v) is 1.81. The summed E-state index contributed by atoms with van der Waals surface area (Å²) in [5, 5.41) is 16.0. The monoisotopic (exact) mass is 243 g/mol. The van der Waals surface area contributed by atoms with Crippen molar-refractivity contribution >= 4 is 22.1 Å². The summed E-state index contributed by atoms with van der Waals surface area (Å²) in [6.07, 6.45) is -0.532. The first-order valence-corrected chi connectivity index (χ1v) is 5.36. The first-order valence-electron chi connectivity index (χ1n) is 3.75. The van der Waals surface area contributed by atoms with Crippen molar-refractivity contribution in [2.24, 2.45) is 5.73 Å². The summed E-state index contributed by atoms with van der Waals surface area (Å²) in [7, 11) is -3.66. The molecular weight excluding hydrogens is 230 g/mol. The number of carboxylic acid groups (broad SMARTS) is 2. The molecule has 1 atom stereocenters. The Morgan fingerprint density at radius 1 is 1.33 bits per heavy atom. The van der Waals surface area contributed by atoms with Gasteiger partial charge in [0.1, 0.15) is 6.04 Å². The zero-order valence-electron chi connectivity index (χ0n) is 7.95. The number of carbonyl (C=O) groups is 2. The van der Waals surface area contributed by atoms with Gasteiger partial charge in [-0.25, -0.2) is 0 Å². The lowest BCUT2D eigenvalue weighted by Crippen LogP contribution is -2.32. The normalized spacial score (nSPS) is 12.2. The lowest BCUT2D eigenvalue weighted by Gasteiger charge is -1.99. The summed E-state index contributed by atoms with van der Waals surface area (Å²) < 4.78 is 26.9. The van der Waals surface area contributed by atoms with E-state index in [0.717, 1.165) is 0 Å². The molecular formula is C6H13NO7S. The van der Waals surface area contributed by atoms with Crippen LogP contribution in [-0.2, 0) is 19.7 Å². The largest absolute Gasteiger partial charge is 0.481 e. The molecule has 0 saturated heterocycles. The minimum Gasteiger partial charge on any atom is -0.481 e. The van der Waals surface area contributed by atoms with Crippen LogP contribution in [0.4, 0.5) is 0 Å². The summed E-state index contributed by atoms with van der Waals surface area (Å²) in [5.74, 6) is -2.70. The van der Waals surface area contributed by atoms with Crippen LogP contribution in [0, 0.1) is 0 Å². The molecule has 0 aromatic carbocycles. The van der Waals surface area contributed by atoms with E-state index in [1.165, 1.54) is 6.92 Å². The van der Waals surface area contributed by atoms with E-state index in [4.69, 9.17) is 20.5 Å². The summed E-state index contributed by atoms with van der Waals surface area (Å²) in [4.78, 5) is 19.6. The van der Waals surface area contributed by atoms with Gasteiger partial charge in [-0.05, 0) is 6.92 Å². The van der Waals surface area contributed by atoms with Gasteiger partial charge in [-0.15, -0.1) is 0 Å². The van der Waals surface area contributed by atoms with Crippen molar-refractivity contribution in [2.75, 3.05) is 5.75 Å². The maximum Gasteiger partial charge on any atom is 0.321 e. The van der Waals surface area contributed by atoms with Gasteiger partial charge in [0.25, 0.3) is 10.1 Å². The second kappa shape index (κ2) is 7.15. The standard InChI is InChI=1S/C4H7NO4.C2H6O3S/c5-2(4(8)9)1-3(6)7;1-2-6(3,4)5/h2H,1,5H2,(H,6,7)(H,8,9);2H2,1H3,(H,3,4,5). The Balaban J connectivity index is 0. The molecule has 0 aromatic heterocycles. The highest BCUT2D eigenvalue weighted by Crippen LogP contribution is 1.86. The molecule has 1 unspecified atom stereocenters. The summed E-state index contributed by atoms with van der Waals surface area (Å²) in [6, 6.07) is -1.29. The van der Waals surface area contributed by atoms with Crippen LogP contribution in [0.3, 0.4) is 0 Å². The lowest BCUT2D eigenvalue weighted by atomic mass is 10.2. The van der Waals surface area contributed by atoms with Crippen LogP contribution in [-0.4, -0.2) is 46.9 Å². The fraction of sp³-hybridized carbons (Fsp3) is 0.667. The minimum atomic E-state index is -3.66. The van der Waals surface area contributed by atoms with Crippen molar-refractivity contribution in [1.82, 2.24) is 0 Å². The number of hydrogen-bond acceptors (Lipinski definition) is 5. The Hall–Kier alpha value is -1.19. The van der Waals surface area contributed by atoms with E-state index in [0.29, 0.717) is 0 Å². The summed E-state index contributed by atoms with van der Waals surface area (Å²) in [6.45, 7) is 1.37. The highest BCUT2D eigenvalue weighted by molar-refractivity contribution is 7.85. The Bertz CT molecular complexity index is 309. The average Bonchev–Trinajstić information content (AvgIpc) is 2.02. The number of carboxylic acids is 2. The first kappa shape index (κ1) is 16.2. The molecule has 0 aromatic rings. The van der Waals surface area contributed by atoms with E-state index in [-0.39, 0.29) is 5.75 Å². The third kappa shape index (κ3) is 15.6. The molecule has 0 fully saturated rings. The Morgan fingerprint density at radius 2 is 1.67 bits per heavy atom. The van der Waals surface area contributed by atoms with Crippen molar-refractivity contribution < 1.29 is 32.8 Å². The molecule has 90 valence electrons. The van der Waals surface area contributed by atoms with Gasteiger partial charge in [-0.2, -0.15) is 8.42 Å². The molecule has 0 heterocycles. The predicted molar refractivity (Wildman–Crippen MR) is 50.0 cm³/mol. The van der Waals surface area contributed by atoms with Gasteiger partial charge in [-0.3, -0.25) is 14.1 Å². The SMILES string of the molecule is CCS(=O)(=O)O.NC(CC(=O)O)C(=O)O. The van der Waals surface area contributed by atoms with Gasteiger partial charge < -0.3 is 15.9 Å². The molecule has 0 spiro atoms. The van der Waals surface area contributed by atoms with Crippen LogP contribution < -0.4 is 5.73 Å². The predicted octanol–water partition coefficient (Wildman–Crippen LogP) is -1.23. The molecule has 0 bridgehead atoms. The fourth-order valence-electron chi connectivity index (χ4n) is 0.275. The number of rotatable bonds is 4. The zero-order valence-corrected chi connectivity index (χ0v) is 8.77. The quantitative estimate of drug-likeness (QED) is 0.447. The molecule has 0 radical (unpaired) electrons. The van der Waals surface area contributed by atoms with Gasteiger partial charge >= 0.3 is 11.9 Å². The van der Waals surface area contributed by atoms with Crippen molar-refractivity contribution in [2.45, 2.75) is 19.4 Å². The summed E-state index contributed by atoms with van der Waals surface area (Å²) in [5.41, 5.74) is 4.84. The van der Waals surface area contributed by atoms with E-state index in [9.17, 15) is 18.0 Å². The smallest absolute Gasteiger partial charge is 0.321 e. The van der Waals surface area contributed by atoms with Crippen molar-refractivity contribution in [3.63, 3.8) is 0 Å². The topological polar surface area (TPSA) is 155 Å². The van der Waals surface area contributed by atoms with Crippen LogP contribution in [0.25, 0.3) is 0 Å². The van der Waals surface area contributed by atoms with Gasteiger partial charge in [0.15, 0.2) is 0 Å². The van der Waals surface area contributed by atoms with Crippen molar-refractivity contribution in [3.05, 3.63) is 0 Å². The maximum absolute atomic E-state index is 9.85. The molecule has 0 amide bonds. The maximum atomic E-state index is 9.85. The highest BCUT2D eigenvalue weighted by Gasteiger charge is 2.14. The number of nitrogens with two attached hydrogens (primary N) is 1. The van der Waals surface area contributed by atoms with E-state index in [2.05, 4.69) is 0 Å². The Kier molecular flexibility index (Phi) is 7.74. The first-order chi connectivity index (χ1) is 6.60. The number of aliphatic carboxylic acids is 2. The van der Waals surface area contributed by atoms with Gasteiger partial charge in [0.05, 0.1) is 12.2 Å². The van der Waals surface area contributed by atoms with Gasteiger partial charge in [0.2, 0.25) is 0 Å². The van der Waals surface area contributed by atoms with Crippen LogP contribution in [0.5, 0.6) is 0 Å². The molecule has 9 heteroatoms. The second-order valence-electron chi connectivity index (χ2n) is 2.41. The zero-order chi connectivity index (χ0) is 12.6. The van der Waals surface area contributed by atoms with E-state index >= 15 is 0 Å². The highest BCUT2D eigenvalue weighted by atomic mass is 32.2. The van der Waals surface area contributed by atoms with Gasteiger partial charge in [-0.1, -0.05) is 0 Å². The molecule has 5 N–H and O–H groups in total. The Morgan fingerprint density at radius 3 is 1.73 bits per heavy atom. The van der Waals surface area contributed by atoms with E-state index in [1.807, 2.05) is 0 Å². The second-order valence-corrected chi connectivity index (χ2v) is 4.15. The van der Waals surface area contributed by atoms with E-state index in [1.54, 1.807) is 0 Å². The fourth-order valence-corrected chi connectivity index (χ4v) is 0.275. The molecule has 0 saturated carbocycles. The molecule has 15 heavy (non-hydrogen) atoms. The van der Waals surface area contributed by atoms with Crippen molar-refractivity contribution in [3.8, 4) is 0 Å². The molecule has 0 rings (SSSR count). The minimum absolute atomic E-state index is 0.201. The van der Waals surface area contributed by atoms with Crippen LogP contribution in [0.15, 0.2) is 0 Å². The van der Waals surface area contributed by atoms with E-state index < -0.39 is 34.5 Å². The van der Waals surface area contributed by atoms with Gasteiger partial charge in [0, 0.05) is 0 Å². The third-order valence-electron chi connectivity index (χ3n) is 1.08. The molecule has 8 nitrogen and oxygen atoms in total. The summed E-state index contributed by atoms with van der Waals surface area (Å²) >= 11 is 0. The van der Waals surface area contributed by atoms with Crippen LogP contribution in [0.2, 0.25) is 0 Å². The Labute approximate surface area is 86.4 Å². The van der Waals surface area contributed by atoms with Crippen LogP contribution in [0.1, 0.15) is 13.3 Å². The average molecular weight is 243 g/mol. The molecule has 0 aliphatic carbocycles. The number of hydrogen-bond donors (Lipinski definition) is 4.